The second-order valence-electron chi connectivity index (χ2n) is 2.87. The van der Waals surface area contributed by atoms with Gasteiger partial charge in [0.1, 0.15) is 0 Å². The van der Waals surface area contributed by atoms with Gasteiger partial charge in [0.25, 0.3) is 0 Å². The van der Waals surface area contributed by atoms with Gasteiger partial charge < -0.3 is 15.2 Å². The number of hydrogen-bond donors (Lipinski definition) is 1. The normalized spacial score (nSPS) is 10.0. The van der Waals surface area contributed by atoms with Crippen LogP contribution in [0.15, 0.2) is 6.07 Å². The SMILES string of the molecule is CCc1cc(OC)nc(OC)c1CN. The van der Waals surface area contributed by atoms with E-state index in [1.165, 1.54) is 0 Å². The molecular weight excluding hydrogens is 180 g/mol. The third kappa shape index (κ3) is 1.96. The van der Waals surface area contributed by atoms with E-state index in [9.17, 15) is 0 Å². The molecule has 78 valence electrons. The third-order valence-electron chi connectivity index (χ3n) is 2.14. The minimum atomic E-state index is 0.434. The Morgan fingerprint density at radius 3 is 2.50 bits per heavy atom. The highest BCUT2D eigenvalue weighted by molar-refractivity contribution is 5.38. The molecule has 0 unspecified atom stereocenters. The van der Waals surface area contributed by atoms with Gasteiger partial charge >= 0.3 is 0 Å². The molecule has 0 bridgehead atoms. The van der Waals surface area contributed by atoms with Crippen molar-refractivity contribution in [2.75, 3.05) is 14.2 Å². The molecule has 4 nitrogen and oxygen atoms in total. The van der Waals surface area contributed by atoms with E-state index in [2.05, 4.69) is 11.9 Å². The molecule has 0 aliphatic rings. The molecular formula is C10H16N2O2. The van der Waals surface area contributed by atoms with Crippen molar-refractivity contribution in [2.24, 2.45) is 5.73 Å². The zero-order chi connectivity index (χ0) is 10.6. The molecule has 0 radical (unpaired) electrons. The topological polar surface area (TPSA) is 57.4 Å². The Morgan fingerprint density at radius 2 is 2.07 bits per heavy atom. The summed E-state index contributed by atoms with van der Waals surface area (Å²) in [5.74, 6) is 1.12. The van der Waals surface area contributed by atoms with Gasteiger partial charge in [-0.3, -0.25) is 0 Å². The Hall–Kier alpha value is -1.29. The van der Waals surface area contributed by atoms with E-state index in [0.29, 0.717) is 18.3 Å². The summed E-state index contributed by atoms with van der Waals surface area (Å²) >= 11 is 0. The molecule has 0 aromatic carbocycles. The quantitative estimate of drug-likeness (QED) is 0.784. The molecule has 1 aromatic heterocycles. The average molecular weight is 196 g/mol. The highest BCUT2D eigenvalue weighted by Crippen LogP contribution is 2.24. The fraction of sp³-hybridized carbons (Fsp3) is 0.500. The van der Waals surface area contributed by atoms with Crippen LogP contribution in [-0.2, 0) is 13.0 Å². The lowest BCUT2D eigenvalue weighted by Gasteiger charge is -2.11. The molecule has 14 heavy (non-hydrogen) atoms. The van der Waals surface area contributed by atoms with Crippen molar-refractivity contribution in [3.05, 3.63) is 17.2 Å². The van der Waals surface area contributed by atoms with Crippen LogP contribution < -0.4 is 15.2 Å². The van der Waals surface area contributed by atoms with E-state index in [-0.39, 0.29) is 0 Å². The second kappa shape index (κ2) is 4.81. The van der Waals surface area contributed by atoms with Crippen LogP contribution in [0.1, 0.15) is 18.1 Å². The van der Waals surface area contributed by atoms with Crippen LogP contribution in [0.3, 0.4) is 0 Å². The first-order chi connectivity index (χ1) is 6.76. The first-order valence-electron chi connectivity index (χ1n) is 4.57. The van der Waals surface area contributed by atoms with Gasteiger partial charge in [0.05, 0.1) is 14.2 Å². The van der Waals surface area contributed by atoms with Crippen LogP contribution in [-0.4, -0.2) is 19.2 Å². The molecule has 2 N–H and O–H groups in total. The molecule has 0 aliphatic carbocycles. The minimum Gasteiger partial charge on any atom is -0.481 e. The Labute approximate surface area is 84.0 Å². The highest BCUT2D eigenvalue weighted by Gasteiger charge is 2.10. The molecule has 0 saturated carbocycles. The average Bonchev–Trinajstić information content (AvgIpc) is 2.26. The number of aromatic nitrogens is 1. The second-order valence-corrected chi connectivity index (χ2v) is 2.87. The maximum atomic E-state index is 5.63. The van der Waals surface area contributed by atoms with Gasteiger partial charge in [-0.25, -0.2) is 0 Å². The van der Waals surface area contributed by atoms with Crippen LogP contribution in [0.25, 0.3) is 0 Å². The van der Waals surface area contributed by atoms with Gasteiger partial charge in [-0.15, -0.1) is 0 Å². The number of aryl methyl sites for hydroxylation is 1. The smallest absolute Gasteiger partial charge is 0.221 e. The van der Waals surface area contributed by atoms with E-state index >= 15 is 0 Å². The lowest BCUT2D eigenvalue weighted by molar-refractivity contribution is 0.360. The van der Waals surface area contributed by atoms with Gasteiger partial charge in [0.2, 0.25) is 11.8 Å². The summed E-state index contributed by atoms with van der Waals surface area (Å²) in [5.41, 5.74) is 7.71. The van der Waals surface area contributed by atoms with Gasteiger partial charge in [-0.2, -0.15) is 4.98 Å². The van der Waals surface area contributed by atoms with Gasteiger partial charge in [-0.1, -0.05) is 6.92 Å². The van der Waals surface area contributed by atoms with Crippen molar-refractivity contribution in [3.63, 3.8) is 0 Å². The first kappa shape index (κ1) is 10.8. The minimum absolute atomic E-state index is 0.434. The standard InChI is InChI=1S/C10H16N2O2/c1-4-7-5-9(13-2)12-10(14-3)8(7)6-11/h5H,4,6,11H2,1-3H3. The largest absolute Gasteiger partial charge is 0.481 e. The number of methoxy groups -OCH3 is 2. The van der Waals surface area contributed by atoms with Crippen molar-refractivity contribution in [2.45, 2.75) is 19.9 Å². The zero-order valence-electron chi connectivity index (χ0n) is 8.83. The zero-order valence-corrected chi connectivity index (χ0v) is 8.83. The van der Waals surface area contributed by atoms with Crippen molar-refractivity contribution >= 4 is 0 Å². The van der Waals surface area contributed by atoms with Crippen LogP contribution in [0.2, 0.25) is 0 Å². The van der Waals surface area contributed by atoms with Crippen molar-refractivity contribution in [1.29, 1.82) is 0 Å². The molecule has 0 aliphatic heterocycles. The molecule has 1 rings (SSSR count). The number of hydrogen-bond acceptors (Lipinski definition) is 4. The summed E-state index contributed by atoms with van der Waals surface area (Å²) in [6, 6.07) is 1.89. The van der Waals surface area contributed by atoms with Crippen molar-refractivity contribution in [1.82, 2.24) is 4.98 Å². The Kier molecular flexibility index (Phi) is 3.71. The maximum Gasteiger partial charge on any atom is 0.221 e. The molecule has 0 amide bonds. The predicted molar refractivity (Wildman–Crippen MR) is 54.6 cm³/mol. The van der Waals surface area contributed by atoms with E-state index in [0.717, 1.165) is 17.5 Å². The molecule has 0 saturated heterocycles. The van der Waals surface area contributed by atoms with Crippen molar-refractivity contribution in [3.8, 4) is 11.8 Å². The summed E-state index contributed by atoms with van der Waals surface area (Å²) < 4.78 is 10.2. The summed E-state index contributed by atoms with van der Waals surface area (Å²) in [4.78, 5) is 4.16. The van der Waals surface area contributed by atoms with Gasteiger partial charge in [0, 0.05) is 18.2 Å². The number of rotatable bonds is 4. The van der Waals surface area contributed by atoms with Crippen LogP contribution in [0.5, 0.6) is 11.8 Å². The van der Waals surface area contributed by atoms with Gasteiger partial charge in [0.15, 0.2) is 0 Å². The van der Waals surface area contributed by atoms with Crippen LogP contribution in [0, 0.1) is 0 Å². The van der Waals surface area contributed by atoms with Crippen molar-refractivity contribution < 1.29 is 9.47 Å². The van der Waals surface area contributed by atoms with E-state index in [1.54, 1.807) is 14.2 Å². The highest BCUT2D eigenvalue weighted by atomic mass is 16.5. The molecule has 0 fully saturated rings. The summed E-state index contributed by atoms with van der Waals surface area (Å²) in [6.07, 6.45) is 0.891. The third-order valence-corrected chi connectivity index (χ3v) is 2.14. The summed E-state index contributed by atoms with van der Waals surface area (Å²) in [5, 5.41) is 0. The maximum absolute atomic E-state index is 5.63. The van der Waals surface area contributed by atoms with E-state index in [4.69, 9.17) is 15.2 Å². The Balaban J connectivity index is 3.24. The first-order valence-corrected chi connectivity index (χ1v) is 4.57. The summed E-state index contributed by atoms with van der Waals surface area (Å²) in [6.45, 7) is 2.50. The van der Waals surface area contributed by atoms with E-state index < -0.39 is 0 Å². The van der Waals surface area contributed by atoms with Crippen LogP contribution >= 0.6 is 0 Å². The molecule has 0 spiro atoms. The Morgan fingerprint density at radius 1 is 1.36 bits per heavy atom. The summed E-state index contributed by atoms with van der Waals surface area (Å²) in [7, 11) is 3.17. The number of nitrogens with zero attached hydrogens (tertiary/aromatic N) is 1. The molecule has 0 atom stereocenters. The number of nitrogens with two attached hydrogens (primary N) is 1. The molecule has 1 aromatic rings. The molecule has 1 heterocycles. The Bertz CT molecular complexity index is 288. The van der Waals surface area contributed by atoms with E-state index in [1.807, 2.05) is 6.07 Å². The monoisotopic (exact) mass is 196 g/mol. The van der Waals surface area contributed by atoms with Gasteiger partial charge in [-0.05, 0) is 12.0 Å². The number of ether oxygens (including phenoxy) is 2. The lowest BCUT2D eigenvalue weighted by Crippen LogP contribution is -2.06. The molecule has 4 heteroatoms. The fourth-order valence-electron chi connectivity index (χ4n) is 1.38. The predicted octanol–water partition coefficient (Wildman–Crippen LogP) is 1.12. The van der Waals surface area contributed by atoms with Crippen LogP contribution in [0.4, 0.5) is 0 Å². The fourth-order valence-corrected chi connectivity index (χ4v) is 1.38. The number of pyridine rings is 1. The lowest BCUT2D eigenvalue weighted by atomic mass is 10.1.